The minimum absolute atomic E-state index is 0.00403. The van der Waals surface area contributed by atoms with E-state index in [1.54, 1.807) is 23.1 Å². The van der Waals surface area contributed by atoms with E-state index < -0.39 is 0 Å². The van der Waals surface area contributed by atoms with E-state index in [4.69, 9.17) is 0 Å². The van der Waals surface area contributed by atoms with Crippen molar-refractivity contribution in [3.05, 3.63) is 47.0 Å². The average molecular weight is 335 g/mol. The van der Waals surface area contributed by atoms with Crippen molar-refractivity contribution in [3.63, 3.8) is 0 Å². The molecule has 0 atom stereocenters. The number of thiazole rings is 1. The summed E-state index contributed by atoms with van der Waals surface area (Å²) in [6, 6.07) is 7.79. The zero-order valence-electron chi connectivity index (χ0n) is 12.9. The zero-order valence-corrected chi connectivity index (χ0v) is 14.5. The number of nitrogens with zero attached hydrogens (tertiary/aromatic N) is 2. The van der Waals surface area contributed by atoms with Gasteiger partial charge in [0.25, 0.3) is 5.91 Å². The van der Waals surface area contributed by atoms with Gasteiger partial charge in [0, 0.05) is 36.0 Å². The second kappa shape index (κ2) is 8.92. The van der Waals surface area contributed by atoms with E-state index >= 15 is 0 Å². The minimum Gasteiger partial charge on any atom is -0.352 e. The molecule has 0 bridgehead atoms. The highest BCUT2D eigenvalue weighted by molar-refractivity contribution is 8.00. The van der Waals surface area contributed by atoms with Gasteiger partial charge in [0.15, 0.2) is 0 Å². The lowest BCUT2D eigenvalue weighted by molar-refractivity contribution is 0.0954. The fourth-order valence-electron chi connectivity index (χ4n) is 1.94. The van der Waals surface area contributed by atoms with Crippen LogP contribution in [0.3, 0.4) is 0 Å². The second-order valence-corrected chi connectivity index (χ2v) is 7.43. The molecule has 0 aliphatic carbocycles. The first kappa shape index (κ1) is 17.0. The number of amides is 1. The van der Waals surface area contributed by atoms with E-state index in [-0.39, 0.29) is 5.91 Å². The van der Waals surface area contributed by atoms with Crippen LogP contribution < -0.4 is 5.32 Å². The number of thioether (sulfide) groups is 1. The first-order chi connectivity index (χ1) is 10.6. The molecule has 0 aliphatic rings. The third-order valence-corrected chi connectivity index (χ3v) is 5.01. The number of hydrogen-bond acceptors (Lipinski definition) is 5. The lowest BCUT2D eigenvalue weighted by atomic mass is 10.1. The van der Waals surface area contributed by atoms with Crippen LogP contribution in [0.1, 0.15) is 22.3 Å². The maximum atomic E-state index is 12.0. The molecule has 0 aliphatic heterocycles. The molecule has 1 heterocycles. The summed E-state index contributed by atoms with van der Waals surface area (Å²) in [5, 5.41) is 4.94. The maximum Gasteiger partial charge on any atom is 0.251 e. The van der Waals surface area contributed by atoms with Crippen LogP contribution in [0.4, 0.5) is 0 Å². The third-order valence-electron chi connectivity index (χ3n) is 2.96. The molecule has 0 saturated carbocycles. The quantitative estimate of drug-likeness (QED) is 0.595. The Bertz CT molecular complexity index is 568. The number of aromatic nitrogens is 1. The molecule has 2 rings (SSSR count). The first-order valence-corrected chi connectivity index (χ1v) is 9.06. The number of hydrogen-bond donors (Lipinski definition) is 1. The normalized spacial score (nSPS) is 10.9. The van der Waals surface area contributed by atoms with Gasteiger partial charge in [-0.3, -0.25) is 4.79 Å². The summed E-state index contributed by atoms with van der Waals surface area (Å²) in [5.41, 5.74) is 1.93. The molecule has 1 amide bonds. The summed E-state index contributed by atoms with van der Waals surface area (Å²) in [7, 11) is 4.06. The van der Waals surface area contributed by atoms with Crippen LogP contribution in [0.2, 0.25) is 0 Å². The van der Waals surface area contributed by atoms with Gasteiger partial charge in [-0.15, -0.1) is 11.3 Å². The van der Waals surface area contributed by atoms with Crippen molar-refractivity contribution in [2.24, 2.45) is 0 Å². The summed E-state index contributed by atoms with van der Waals surface area (Å²) in [6.45, 7) is 1.58. The third kappa shape index (κ3) is 5.79. The number of rotatable bonds is 8. The number of carbonyl (C=O) groups excluding carboxylic acids is 1. The maximum absolute atomic E-state index is 12.0. The Hall–Kier alpha value is -1.37. The summed E-state index contributed by atoms with van der Waals surface area (Å²) < 4.78 is 1.09. The summed E-state index contributed by atoms with van der Waals surface area (Å²) in [5.74, 6) is 0.964. The van der Waals surface area contributed by atoms with Crippen LogP contribution in [0, 0.1) is 0 Å². The number of carbonyl (C=O) groups is 1. The largest absolute Gasteiger partial charge is 0.352 e. The molecule has 6 heteroatoms. The molecule has 2 aromatic rings. The molecule has 0 fully saturated rings. The van der Waals surface area contributed by atoms with Crippen LogP contribution in [0.25, 0.3) is 0 Å². The van der Waals surface area contributed by atoms with Crippen LogP contribution in [0.15, 0.2) is 40.2 Å². The highest BCUT2D eigenvalue weighted by Crippen LogP contribution is 2.20. The van der Waals surface area contributed by atoms with E-state index in [0.29, 0.717) is 6.54 Å². The Kier molecular flexibility index (Phi) is 6.89. The van der Waals surface area contributed by atoms with Gasteiger partial charge in [0.1, 0.15) is 4.34 Å². The molecule has 1 N–H and O–H groups in total. The fraction of sp³-hybridized carbons (Fsp3) is 0.375. The van der Waals surface area contributed by atoms with E-state index in [9.17, 15) is 4.79 Å². The Labute approximate surface area is 139 Å². The van der Waals surface area contributed by atoms with Gasteiger partial charge in [-0.05, 0) is 38.2 Å². The summed E-state index contributed by atoms with van der Waals surface area (Å²) in [6.07, 6.45) is 2.75. The Balaban J connectivity index is 1.68. The predicted octanol–water partition coefficient (Wildman–Crippen LogP) is 3.12. The number of benzene rings is 1. The molecule has 22 heavy (non-hydrogen) atoms. The average Bonchev–Trinajstić information content (AvgIpc) is 3.00. The van der Waals surface area contributed by atoms with Crippen molar-refractivity contribution in [2.75, 3.05) is 26.4 Å². The Morgan fingerprint density at radius 1 is 1.32 bits per heavy atom. The minimum atomic E-state index is -0.00403. The van der Waals surface area contributed by atoms with Crippen molar-refractivity contribution in [1.82, 2.24) is 15.2 Å². The topological polar surface area (TPSA) is 45.2 Å². The molecule has 1 aromatic heterocycles. The molecule has 4 nitrogen and oxygen atoms in total. The second-order valence-electron chi connectivity index (χ2n) is 5.19. The zero-order chi connectivity index (χ0) is 15.8. The van der Waals surface area contributed by atoms with E-state index in [0.717, 1.165) is 28.6 Å². The lowest BCUT2D eigenvalue weighted by Gasteiger charge is -2.10. The Morgan fingerprint density at radius 2 is 2.09 bits per heavy atom. The standard InChI is InChI=1S/C16H21N3OS2/c1-19(2)12-13-4-6-14(7-5-13)15(20)17-8-3-10-21-16-18-9-11-22-16/h4-7,9,11H,3,8,10,12H2,1-2H3,(H,17,20). The van der Waals surface area contributed by atoms with Gasteiger partial charge in [-0.2, -0.15) is 0 Å². The fourth-order valence-corrected chi connectivity index (χ4v) is 3.59. The van der Waals surface area contributed by atoms with E-state index in [1.165, 1.54) is 5.56 Å². The Morgan fingerprint density at radius 3 is 2.73 bits per heavy atom. The smallest absolute Gasteiger partial charge is 0.251 e. The van der Waals surface area contributed by atoms with Crippen molar-refractivity contribution in [1.29, 1.82) is 0 Å². The highest BCUT2D eigenvalue weighted by atomic mass is 32.2. The highest BCUT2D eigenvalue weighted by Gasteiger charge is 2.05. The van der Waals surface area contributed by atoms with Gasteiger partial charge in [-0.25, -0.2) is 4.98 Å². The molecule has 0 spiro atoms. The van der Waals surface area contributed by atoms with Crippen LogP contribution in [-0.2, 0) is 6.54 Å². The molecular weight excluding hydrogens is 314 g/mol. The van der Waals surface area contributed by atoms with Gasteiger partial charge in [0.2, 0.25) is 0 Å². The summed E-state index contributed by atoms with van der Waals surface area (Å²) >= 11 is 3.38. The first-order valence-electron chi connectivity index (χ1n) is 7.19. The van der Waals surface area contributed by atoms with Gasteiger partial charge >= 0.3 is 0 Å². The van der Waals surface area contributed by atoms with Crippen LogP contribution in [0.5, 0.6) is 0 Å². The predicted molar refractivity (Wildman–Crippen MR) is 93.6 cm³/mol. The van der Waals surface area contributed by atoms with Crippen LogP contribution >= 0.6 is 23.1 Å². The van der Waals surface area contributed by atoms with Gasteiger partial charge in [0.05, 0.1) is 0 Å². The SMILES string of the molecule is CN(C)Cc1ccc(C(=O)NCCCSc2nccs2)cc1. The molecule has 118 valence electrons. The molecule has 0 unspecified atom stereocenters. The molecule has 0 radical (unpaired) electrons. The van der Waals surface area contributed by atoms with E-state index in [1.807, 2.05) is 49.9 Å². The van der Waals surface area contributed by atoms with E-state index in [2.05, 4.69) is 15.2 Å². The molecular formula is C16H21N3OS2. The van der Waals surface area contributed by atoms with Crippen molar-refractivity contribution >= 4 is 29.0 Å². The molecule has 1 aromatic carbocycles. The monoisotopic (exact) mass is 335 g/mol. The lowest BCUT2D eigenvalue weighted by Crippen LogP contribution is -2.24. The van der Waals surface area contributed by atoms with Crippen molar-refractivity contribution < 1.29 is 4.79 Å². The molecule has 0 saturated heterocycles. The van der Waals surface area contributed by atoms with Crippen molar-refractivity contribution in [2.45, 2.75) is 17.3 Å². The van der Waals surface area contributed by atoms with Gasteiger partial charge in [-0.1, -0.05) is 23.9 Å². The summed E-state index contributed by atoms with van der Waals surface area (Å²) in [4.78, 5) is 18.4. The van der Waals surface area contributed by atoms with Crippen LogP contribution in [-0.4, -0.2) is 42.2 Å². The van der Waals surface area contributed by atoms with Gasteiger partial charge < -0.3 is 10.2 Å². The number of nitrogens with one attached hydrogen (secondary N) is 1. The van der Waals surface area contributed by atoms with Crippen molar-refractivity contribution in [3.8, 4) is 0 Å².